The van der Waals surface area contributed by atoms with Crippen LogP contribution in [0.3, 0.4) is 0 Å². The molecule has 4 nitrogen and oxygen atoms in total. The summed E-state index contributed by atoms with van der Waals surface area (Å²) in [5.74, 6) is 1.36. The van der Waals surface area contributed by atoms with Crippen LogP contribution in [0.2, 0.25) is 0 Å². The van der Waals surface area contributed by atoms with E-state index in [1.54, 1.807) is 0 Å². The van der Waals surface area contributed by atoms with Gasteiger partial charge in [0, 0.05) is 30.1 Å². The molecule has 1 saturated heterocycles. The molecule has 1 amide bonds. The highest BCUT2D eigenvalue weighted by molar-refractivity contribution is 5.85. The highest BCUT2D eigenvalue weighted by Gasteiger charge is 2.21. The van der Waals surface area contributed by atoms with Gasteiger partial charge in [0.2, 0.25) is 5.91 Å². The fourth-order valence-electron chi connectivity index (χ4n) is 3.62. The summed E-state index contributed by atoms with van der Waals surface area (Å²) in [6.07, 6.45) is 5.97. The van der Waals surface area contributed by atoms with Crippen LogP contribution in [0.4, 0.5) is 0 Å². The van der Waals surface area contributed by atoms with Crippen molar-refractivity contribution in [3.63, 3.8) is 0 Å². The Morgan fingerprint density at radius 1 is 1.29 bits per heavy atom. The molecule has 2 aromatic rings. The normalized spacial score (nSPS) is 16.5. The molecule has 5 heteroatoms. The summed E-state index contributed by atoms with van der Waals surface area (Å²) >= 11 is 0. The van der Waals surface area contributed by atoms with Crippen LogP contribution in [-0.4, -0.2) is 30.5 Å². The number of aromatic nitrogens is 1. The van der Waals surface area contributed by atoms with E-state index in [4.69, 9.17) is 0 Å². The number of aromatic amines is 1. The molecule has 0 aliphatic carbocycles. The number of H-pyrrole nitrogens is 1. The van der Waals surface area contributed by atoms with Crippen LogP contribution in [0.15, 0.2) is 30.5 Å². The Hall–Kier alpha value is -1.52. The Morgan fingerprint density at radius 2 is 2.04 bits per heavy atom. The maximum absolute atomic E-state index is 12.2. The summed E-state index contributed by atoms with van der Waals surface area (Å²) in [5, 5.41) is 7.73. The van der Waals surface area contributed by atoms with Crippen LogP contribution in [0.5, 0.6) is 0 Å². The van der Waals surface area contributed by atoms with E-state index in [2.05, 4.69) is 46.9 Å². The first-order valence-corrected chi connectivity index (χ1v) is 8.76. The molecule has 1 aliphatic heterocycles. The van der Waals surface area contributed by atoms with E-state index in [0.717, 1.165) is 25.0 Å². The number of fused-ring (bicyclic) bond motifs is 1. The Kier molecular flexibility index (Phi) is 7.13. The van der Waals surface area contributed by atoms with Crippen molar-refractivity contribution in [1.29, 1.82) is 0 Å². The quantitative estimate of drug-likeness (QED) is 0.749. The summed E-state index contributed by atoms with van der Waals surface area (Å²) in [7, 11) is 0. The average Bonchev–Trinajstić information content (AvgIpc) is 2.99. The molecular formula is C19H28ClN3O. The zero-order valence-corrected chi connectivity index (χ0v) is 15.1. The SMILES string of the molecule is CC(CC(=O)NCCc1c[nH]c2ccccc12)C1CCNCC1.Cl. The lowest BCUT2D eigenvalue weighted by Crippen LogP contribution is -2.34. The number of halogens is 1. The molecule has 0 saturated carbocycles. The Balaban J connectivity index is 0.00000208. The lowest BCUT2D eigenvalue weighted by molar-refractivity contribution is -0.122. The van der Waals surface area contributed by atoms with Crippen molar-refractivity contribution >= 4 is 29.2 Å². The van der Waals surface area contributed by atoms with Crippen LogP contribution in [0.25, 0.3) is 10.9 Å². The highest BCUT2D eigenvalue weighted by atomic mass is 35.5. The first-order valence-electron chi connectivity index (χ1n) is 8.76. The van der Waals surface area contributed by atoms with Crippen molar-refractivity contribution in [1.82, 2.24) is 15.6 Å². The van der Waals surface area contributed by atoms with Crippen molar-refractivity contribution in [3.8, 4) is 0 Å². The van der Waals surface area contributed by atoms with Crippen LogP contribution < -0.4 is 10.6 Å². The molecular weight excluding hydrogens is 322 g/mol. The number of carbonyl (C=O) groups excluding carboxylic acids is 1. The molecule has 132 valence electrons. The molecule has 0 bridgehead atoms. The fraction of sp³-hybridized carbons (Fsp3) is 0.526. The summed E-state index contributed by atoms with van der Waals surface area (Å²) in [6.45, 7) is 5.11. The number of para-hydroxylation sites is 1. The van der Waals surface area contributed by atoms with Gasteiger partial charge in [-0.3, -0.25) is 4.79 Å². The van der Waals surface area contributed by atoms with Crippen molar-refractivity contribution < 1.29 is 4.79 Å². The van der Waals surface area contributed by atoms with E-state index in [0.29, 0.717) is 24.8 Å². The van der Waals surface area contributed by atoms with Gasteiger partial charge in [-0.15, -0.1) is 12.4 Å². The molecule has 24 heavy (non-hydrogen) atoms. The maximum atomic E-state index is 12.2. The molecule has 3 rings (SSSR count). The first kappa shape index (κ1) is 18.8. The Labute approximate surface area is 150 Å². The molecule has 2 heterocycles. The van der Waals surface area contributed by atoms with Gasteiger partial charge in [-0.2, -0.15) is 0 Å². The first-order chi connectivity index (χ1) is 11.2. The second-order valence-electron chi connectivity index (χ2n) is 6.73. The topological polar surface area (TPSA) is 56.9 Å². The van der Waals surface area contributed by atoms with Crippen LogP contribution >= 0.6 is 12.4 Å². The standard InChI is InChI=1S/C19H27N3O.ClH/c1-14(15-6-9-20-10-7-15)12-19(23)21-11-8-16-13-22-18-5-3-2-4-17(16)18;/h2-5,13-15,20,22H,6-12H2,1H3,(H,21,23);1H. The number of carbonyl (C=O) groups is 1. The van der Waals surface area contributed by atoms with Crippen molar-refractivity contribution in [3.05, 3.63) is 36.0 Å². The van der Waals surface area contributed by atoms with E-state index >= 15 is 0 Å². The molecule has 3 N–H and O–H groups in total. The molecule has 1 aliphatic rings. The molecule has 1 fully saturated rings. The predicted octanol–water partition coefficient (Wildman–Crippen LogP) is 3.27. The lowest BCUT2D eigenvalue weighted by atomic mass is 9.84. The molecule has 0 radical (unpaired) electrons. The predicted molar refractivity (Wildman–Crippen MR) is 102 cm³/mol. The zero-order valence-electron chi connectivity index (χ0n) is 14.3. The number of amides is 1. The number of nitrogens with one attached hydrogen (secondary N) is 3. The zero-order chi connectivity index (χ0) is 16.1. The summed E-state index contributed by atoms with van der Waals surface area (Å²) < 4.78 is 0. The smallest absolute Gasteiger partial charge is 0.220 e. The summed E-state index contributed by atoms with van der Waals surface area (Å²) in [4.78, 5) is 15.4. The Morgan fingerprint density at radius 3 is 2.83 bits per heavy atom. The van der Waals surface area contributed by atoms with Gasteiger partial charge in [0.25, 0.3) is 0 Å². The Bertz CT molecular complexity index is 649. The average molecular weight is 350 g/mol. The number of piperidine rings is 1. The second-order valence-corrected chi connectivity index (χ2v) is 6.73. The van der Waals surface area contributed by atoms with E-state index in [1.165, 1.54) is 23.8 Å². The minimum atomic E-state index is 0. The minimum absolute atomic E-state index is 0. The van der Waals surface area contributed by atoms with Gasteiger partial charge in [-0.05, 0) is 55.8 Å². The highest BCUT2D eigenvalue weighted by Crippen LogP contribution is 2.24. The van der Waals surface area contributed by atoms with Crippen molar-refractivity contribution in [2.75, 3.05) is 19.6 Å². The molecule has 1 atom stereocenters. The van der Waals surface area contributed by atoms with Gasteiger partial charge in [0.05, 0.1) is 0 Å². The van der Waals surface area contributed by atoms with Crippen molar-refractivity contribution in [2.24, 2.45) is 11.8 Å². The molecule has 0 spiro atoms. The maximum Gasteiger partial charge on any atom is 0.220 e. The van der Waals surface area contributed by atoms with Crippen LogP contribution in [0.1, 0.15) is 31.7 Å². The number of hydrogen-bond donors (Lipinski definition) is 3. The van der Waals surface area contributed by atoms with Crippen LogP contribution in [-0.2, 0) is 11.2 Å². The fourth-order valence-corrected chi connectivity index (χ4v) is 3.62. The molecule has 1 aromatic heterocycles. The van der Waals surface area contributed by atoms with Gasteiger partial charge >= 0.3 is 0 Å². The van der Waals surface area contributed by atoms with Gasteiger partial charge in [0.15, 0.2) is 0 Å². The second kappa shape index (κ2) is 9.09. The number of rotatable bonds is 6. The molecule has 1 aromatic carbocycles. The largest absolute Gasteiger partial charge is 0.361 e. The number of benzene rings is 1. The third kappa shape index (κ3) is 4.74. The number of hydrogen-bond acceptors (Lipinski definition) is 2. The van der Waals surface area contributed by atoms with Gasteiger partial charge in [-0.1, -0.05) is 25.1 Å². The van der Waals surface area contributed by atoms with Gasteiger partial charge < -0.3 is 15.6 Å². The van der Waals surface area contributed by atoms with E-state index < -0.39 is 0 Å². The minimum Gasteiger partial charge on any atom is -0.361 e. The van der Waals surface area contributed by atoms with Gasteiger partial charge in [-0.25, -0.2) is 0 Å². The lowest BCUT2D eigenvalue weighted by Gasteiger charge is -2.27. The van der Waals surface area contributed by atoms with E-state index in [-0.39, 0.29) is 18.3 Å². The monoisotopic (exact) mass is 349 g/mol. The van der Waals surface area contributed by atoms with Crippen LogP contribution in [0, 0.1) is 11.8 Å². The summed E-state index contributed by atoms with van der Waals surface area (Å²) in [6, 6.07) is 8.30. The van der Waals surface area contributed by atoms with Gasteiger partial charge in [0.1, 0.15) is 0 Å². The van der Waals surface area contributed by atoms with E-state index in [1.807, 2.05) is 6.07 Å². The van der Waals surface area contributed by atoms with E-state index in [9.17, 15) is 4.79 Å². The third-order valence-corrected chi connectivity index (χ3v) is 5.09. The third-order valence-electron chi connectivity index (χ3n) is 5.09. The molecule has 1 unspecified atom stereocenters. The summed E-state index contributed by atoms with van der Waals surface area (Å²) in [5.41, 5.74) is 2.43. The van der Waals surface area contributed by atoms with Crippen molar-refractivity contribution in [2.45, 2.75) is 32.6 Å².